The molecule has 0 saturated carbocycles. The minimum Gasteiger partial charge on any atom is -0.271 e. The van der Waals surface area contributed by atoms with Gasteiger partial charge in [-0.15, -0.1) is 11.3 Å². The van der Waals surface area contributed by atoms with Crippen molar-refractivity contribution >= 4 is 11.3 Å². The molecular formula is C10H18N2S. The number of thiophene rings is 1. The molecule has 2 nitrogen and oxygen atoms in total. The van der Waals surface area contributed by atoms with Crippen LogP contribution in [0.1, 0.15) is 36.8 Å². The fourth-order valence-corrected chi connectivity index (χ4v) is 2.46. The number of nitrogens with one attached hydrogen (secondary N) is 1. The molecule has 0 radical (unpaired) electrons. The number of hydrogen-bond acceptors (Lipinski definition) is 3. The highest BCUT2D eigenvalue weighted by atomic mass is 32.1. The van der Waals surface area contributed by atoms with Gasteiger partial charge in [-0.05, 0) is 36.3 Å². The first-order valence-electron chi connectivity index (χ1n) is 4.65. The normalized spacial score (nSPS) is 13.6. The van der Waals surface area contributed by atoms with E-state index in [-0.39, 0.29) is 0 Å². The van der Waals surface area contributed by atoms with Gasteiger partial charge in [-0.1, -0.05) is 13.8 Å². The Bertz CT molecular complexity index is 255. The number of hydrogen-bond donors (Lipinski definition) is 2. The molecule has 1 rings (SSSR count). The molecular weight excluding hydrogens is 180 g/mol. The first-order chi connectivity index (χ1) is 6.15. The Labute approximate surface area is 84.1 Å². The molecule has 1 unspecified atom stereocenters. The molecule has 1 heterocycles. The van der Waals surface area contributed by atoms with Crippen LogP contribution in [0.4, 0.5) is 0 Å². The van der Waals surface area contributed by atoms with Crippen molar-refractivity contribution in [2.75, 3.05) is 0 Å². The molecule has 0 amide bonds. The lowest BCUT2D eigenvalue weighted by Gasteiger charge is -2.17. The molecule has 1 aromatic heterocycles. The molecule has 0 bridgehead atoms. The van der Waals surface area contributed by atoms with Gasteiger partial charge in [-0.2, -0.15) is 0 Å². The van der Waals surface area contributed by atoms with E-state index >= 15 is 0 Å². The van der Waals surface area contributed by atoms with Crippen LogP contribution in [0, 0.1) is 12.8 Å². The molecule has 3 heteroatoms. The Balaban J connectivity index is 2.72. The largest absolute Gasteiger partial charge is 0.271 e. The van der Waals surface area contributed by atoms with E-state index in [0.29, 0.717) is 12.0 Å². The second-order valence-corrected chi connectivity index (χ2v) is 4.76. The van der Waals surface area contributed by atoms with Crippen LogP contribution in [-0.4, -0.2) is 0 Å². The van der Waals surface area contributed by atoms with E-state index in [4.69, 9.17) is 5.84 Å². The summed E-state index contributed by atoms with van der Waals surface area (Å²) in [7, 11) is 0. The molecule has 1 aromatic rings. The van der Waals surface area contributed by atoms with Crippen molar-refractivity contribution in [1.82, 2.24) is 5.43 Å². The zero-order valence-electron chi connectivity index (χ0n) is 8.50. The van der Waals surface area contributed by atoms with Crippen LogP contribution in [0.25, 0.3) is 0 Å². The molecule has 0 aliphatic rings. The summed E-state index contributed by atoms with van der Waals surface area (Å²) in [6.45, 7) is 6.57. The zero-order valence-corrected chi connectivity index (χ0v) is 9.32. The van der Waals surface area contributed by atoms with E-state index in [1.807, 2.05) is 0 Å². The first-order valence-corrected chi connectivity index (χ1v) is 5.53. The van der Waals surface area contributed by atoms with Gasteiger partial charge in [0.25, 0.3) is 0 Å². The molecule has 0 saturated heterocycles. The third kappa shape index (κ3) is 2.79. The van der Waals surface area contributed by atoms with Crippen molar-refractivity contribution in [3.63, 3.8) is 0 Å². The molecule has 0 spiro atoms. The Kier molecular flexibility index (Phi) is 3.90. The lowest BCUT2D eigenvalue weighted by molar-refractivity contribution is 0.442. The van der Waals surface area contributed by atoms with Crippen LogP contribution < -0.4 is 11.3 Å². The van der Waals surface area contributed by atoms with Gasteiger partial charge in [0, 0.05) is 4.88 Å². The fraction of sp³-hybridized carbons (Fsp3) is 0.600. The van der Waals surface area contributed by atoms with Gasteiger partial charge in [0.05, 0.1) is 6.04 Å². The van der Waals surface area contributed by atoms with E-state index in [1.165, 1.54) is 10.4 Å². The number of hydrazine groups is 1. The second kappa shape index (κ2) is 4.74. The lowest BCUT2D eigenvalue weighted by atomic mass is 10.0. The third-order valence-corrected chi connectivity index (χ3v) is 3.26. The topological polar surface area (TPSA) is 38.0 Å². The van der Waals surface area contributed by atoms with E-state index in [2.05, 4.69) is 37.6 Å². The van der Waals surface area contributed by atoms with Gasteiger partial charge in [0.15, 0.2) is 0 Å². The summed E-state index contributed by atoms with van der Waals surface area (Å²) >= 11 is 1.78. The molecule has 0 aromatic carbocycles. The highest BCUT2D eigenvalue weighted by Crippen LogP contribution is 2.27. The number of aryl methyl sites for hydroxylation is 1. The van der Waals surface area contributed by atoms with Crippen LogP contribution >= 0.6 is 11.3 Å². The summed E-state index contributed by atoms with van der Waals surface area (Å²) in [5.41, 5.74) is 4.23. The van der Waals surface area contributed by atoms with Crippen LogP contribution in [0.2, 0.25) is 0 Å². The highest BCUT2D eigenvalue weighted by Gasteiger charge is 2.14. The average molecular weight is 198 g/mol. The molecule has 3 N–H and O–H groups in total. The van der Waals surface area contributed by atoms with Gasteiger partial charge in [0.1, 0.15) is 0 Å². The zero-order chi connectivity index (χ0) is 9.84. The van der Waals surface area contributed by atoms with Crippen LogP contribution in [-0.2, 0) is 0 Å². The van der Waals surface area contributed by atoms with Gasteiger partial charge >= 0.3 is 0 Å². The number of rotatable bonds is 4. The van der Waals surface area contributed by atoms with Gasteiger partial charge in [0.2, 0.25) is 0 Å². The second-order valence-electron chi connectivity index (χ2n) is 3.82. The summed E-state index contributed by atoms with van der Waals surface area (Å²) < 4.78 is 0. The summed E-state index contributed by atoms with van der Waals surface area (Å²) in [5.74, 6) is 6.21. The Morgan fingerprint density at radius 2 is 2.23 bits per heavy atom. The van der Waals surface area contributed by atoms with Gasteiger partial charge in [-0.25, -0.2) is 0 Å². The third-order valence-electron chi connectivity index (χ3n) is 2.13. The molecule has 74 valence electrons. The minimum atomic E-state index is 0.319. The summed E-state index contributed by atoms with van der Waals surface area (Å²) in [4.78, 5) is 1.37. The Morgan fingerprint density at radius 3 is 2.62 bits per heavy atom. The highest BCUT2D eigenvalue weighted by molar-refractivity contribution is 7.10. The fourth-order valence-electron chi connectivity index (χ4n) is 1.46. The van der Waals surface area contributed by atoms with Crippen molar-refractivity contribution < 1.29 is 0 Å². The summed E-state index contributed by atoms with van der Waals surface area (Å²) in [5, 5.41) is 2.12. The molecule has 0 aliphatic heterocycles. The summed E-state index contributed by atoms with van der Waals surface area (Å²) in [6.07, 6.45) is 1.10. The Morgan fingerprint density at radius 1 is 1.54 bits per heavy atom. The van der Waals surface area contributed by atoms with Crippen molar-refractivity contribution in [3.05, 3.63) is 21.9 Å². The molecule has 1 atom stereocenters. The predicted octanol–water partition coefficient (Wildman–Crippen LogP) is 2.61. The van der Waals surface area contributed by atoms with E-state index in [9.17, 15) is 0 Å². The Hall–Kier alpha value is -0.380. The van der Waals surface area contributed by atoms with Gasteiger partial charge < -0.3 is 0 Å². The van der Waals surface area contributed by atoms with Crippen molar-refractivity contribution in [2.45, 2.75) is 33.2 Å². The van der Waals surface area contributed by atoms with E-state index in [1.54, 1.807) is 11.3 Å². The monoisotopic (exact) mass is 198 g/mol. The van der Waals surface area contributed by atoms with Crippen molar-refractivity contribution in [3.8, 4) is 0 Å². The first kappa shape index (κ1) is 10.7. The van der Waals surface area contributed by atoms with Gasteiger partial charge in [-0.3, -0.25) is 11.3 Å². The summed E-state index contributed by atoms with van der Waals surface area (Å²) in [6, 6.07) is 2.46. The standard InChI is InChI=1S/C10H18N2S/c1-7(2)6-9(12-11)10-8(3)4-5-13-10/h4-5,7,9,12H,6,11H2,1-3H3. The SMILES string of the molecule is Cc1ccsc1C(CC(C)C)NN. The molecule has 0 aliphatic carbocycles. The maximum atomic E-state index is 5.54. The maximum absolute atomic E-state index is 5.54. The van der Waals surface area contributed by atoms with Crippen LogP contribution in [0.3, 0.4) is 0 Å². The molecule has 0 fully saturated rings. The van der Waals surface area contributed by atoms with Crippen molar-refractivity contribution in [2.24, 2.45) is 11.8 Å². The molecule has 13 heavy (non-hydrogen) atoms. The van der Waals surface area contributed by atoms with Crippen molar-refractivity contribution in [1.29, 1.82) is 0 Å². The van der Waals surface area contributed by atoms with Crippen LogP contribution in [0.15, 0.2) is 11.4 Å². The quantitative estimate of drug-likeness (QED) is 0.576. The lowest BCUT2D eigenvalue weighted by Crippen LogP contribution is -2.28. The van der Waals surface area contributed by atoms with E-state index < -0.39 is 0 Å². The maximum Gasteiger partial charge on any atom is 0.0558 e. The minimum absolute atomic E-state index is 0.319. The average Bonchev–Trinajstić information content (AvgIpc) is 2.47. The van der Waals surface area contributed by atoms with E-state index in [0.717, 1.165) is 6.42 Å². The number of nitrogens with two attached hydrogens (primary N) is 1. The smallest absolute Gasteiger partial charge is 0.0558 e. The predicted molar refractivity (Wildman–Crippen MR) is 58.6 cm³/mol. The van der Waals surface area contributed by atoms with Crippen LogP contribution in [0.5, 0.6) is 0 Å².